The van der Waals surface area contributed by atoms with Gasteiger partial charge in [-0.1, -0.05) is 32.0 Å². The Hall–Kier alpha value is -4.20. The molecule has 0 saturated carbocycles. The Kier molecular flexibility index (Phi) is 5.61. The summed E-state index contributed by atoms with van der Waals surface area (Å²) in [6.45, 7) is 3.61. The second-order valence-corrected chi connectivity index (χ2v) is 7.28. The molecular formula is C23H22N6O2. The number of carbonyl (C=O) groups is 2. The van der Waals surface area contributed by atoms with E-state index >= 15 is 0 Å². The van der Waals surface area contributed by atoms with E-state index in [-0.39, 0.29) is 23.4 Å². The van der Waals surface area contributed by atoms with Crippen LogP contribution in [0, 0.1) is 5.92 Å². The summed E-state index contributed by atoms with van der Waals surface area (Å²) >= 11 is 0. The first-order valence-corrected chi connectivity index (χ1v) is 9.87. The quantitative estimate of drug-likeness (QED) is 0.500. The van der Waals surface area contributed by atoms with Crippen molar-refractivity contribution in [3.05, 3.63) is 85.1 Å². The van der Waals surface area contributed by atoms with Gasteiger partial charge in [-0.3, -0.25) is 9.59 Å². The van der Waals surface area contributed by atoms with Gasteiger partial charge in [-0.25, -0.2) is 9.67 Å². The number of rotatable bonds is 6. The van der Waals surface area contributed by atoms with Gasteiger partial charge in [-0.2, -0.15) is 5.10 Å². The fraction of sp³-hybridized carbons (Fsp3) is 0.130. The number of anilines is 2. The number of aromatic nitrogens is 4. The first-order chi connectivity index (χ1) is 15.0. The molecule has 0 unspecified atom stereocenters. The molecule has 0 fully saturated rings. The second kappa shape index (κ2) is 8.66. The van der Waals surface area contributed by atoms with Crippen molar-refractivity contribution >= 4 is 23.3 Å². The van der Waals surface area contributed by atoms with Gasteiger partial charge in [0.25, 0.3) is 5.91 Å². The minimum atomic E-state index is -0.370. The number of imidazole rings is 1. The summed E-state index contributed by atoms with van der Waals surface area (Å²) in [5, 5.41) is 10.1. The van der Waals surface area contributed by atoms with Crippen molar-refractivity contribution in [3.8, 4) is 11.4 Å². The van der Waals surface area contributed by atoms with Crippen LogP contribution in [0.3, 0.4) is 0 Å². The second-order valence-electron chi connectivity index (χ2n) is 7.28. The van der Waals surface area contributed by atoms with Crippen molar-refractivity contribution in [3.63, 3.8) is 0 Å². The Morgan fingerprint density at radius 1 is 0.935 bits per heavy atom. The molecule has 0 aliphatic heterocycles. The minimum Gasteiger partial charge on any atom is -0.321 e. The highest BCUT2D eigenvalue weighted by Crippen LogP contribution is 2.20. The lowest BCUT2D eigenvalue weighted by Crippen LogP contribution is -2.19. The van der Waals surface area contributed by atoms with Gasteiger partial charge in [0.2, 0.25) is 5.91 Å². The molecule has 2 N–H and O–H groups in total. The molecule has 0 bridgehead atoms. The highest BCUT2D eigenvalue weighted by Gasteiger charge is 2.18. The van der Waals surface area contributed by atoms with E-state index in [1.807, 2.05) is 65.4 Å². The van der Waals surface area contributed by atoms with Crippen LogP contribution in [-0.4, -0.2) is 31.1 Å². The lowest BCUT2D eigenvalue weighted by Gasteiger charge is -2.10. The van der Waals surface area contributed by atoms with Crippen LogP contribution in [-0.2, 0) is 4.79 Å². The molecule has 156 valence electrons. The normalized spacial score (nSPS) is 10.8. The van der Waals surface area contributed by atoms with E-state index in [9.17, 15) is 9.59 Å². The van der Waals surface area contributed by atoms with E-state index in [4.69, 9.17) is 0 Å². The molecule has 2 aromatic carbocycles. The molecule has 2 heterocycles. The summed E-state index contributed by atoms with van der Waals surface area (Å²) in [7, 11) is 0. The number of benzene rings is 2. The first-order valence-electron chi connectivity index (χ1n) is 9.87. The van der Waals surface area contributed by atoms with Gasteiger partial charge in [-0.15, -0.1) is 0 Å². The first kappa shape index (κ1) is 20.1. The van der Waals surface area contributed by atoms with Gasteiger partial charge in [0, 0.05) is 35.8 Å². The highest BCUT2D eigenvalue weighted by molar-refractivity contribution is 6.04. The average molecular weight is 414 g/mol. The fourth-order valence-corrected chi connectivity index (χ4v) is 2.94. The Balaban J connectivity index is 1.57. The summed E-state index contributed by atoms with van der Waals surface area (Å²) in [6, 6.07) is 18.3. The van der Waals surface area contributed by atoms with Crippen LogP contribution in [0.15, 0.2) is 79.4 Å². The molecule has 8 nitrogen and oxygen atoms in total. The van der Waals surface area contributed by atoms with Crippen molar-refractivity contribution in [1.29, 1.82) is 0 Å². The Labute approximate surface area is 179 Å². The summed E-state index contributed by atoms with van der Waals surface area (Å²) in [5.74, 6) is -0.292. The number of para-hydroxylation sites is 1. The maximum absolute atomic E-state index is 12.8. The lowest BCUT2D eigenvalue weighted by atomic mass is 10.2. The van der Waals surface area contributed by atoms with Gasteiger partial charge in [0.05, 0.1) is 12.0 Å². The topological polar surface area (TPSA) is 93.8 Å². The van der Waals surface area contributed by atoms with Gasteiger partial charge >= 0.3 is 0 Å². The third-order valence-corrected chi connectivity index (χ3v) is 4.65. The number of hydrogen-bond donors (Lipinski definition) is 2. The van der Waals surface area contributed by atoms with E-state index < -0.39 is 0 Å². The molecule has 0 aliphatic carbocycles. The van der Waals surface area contributed by atoms with Gasteiger partial charge < -0.3 is 15.2 Å². The van der Waals surface area contributed by atoms with Gasteiger partial charge in [0.15, 0.2) is 5.69 Å². The smallest absolute Gasteiger partial charge is 0.276 e. The number of amides is 2. The summed E-state index contributed by atoms with van der Waals surface area (Å²) in [4.78, 5) is 29.1. The third kappa shape index (κ3) is 4.53. The lowest BCUT2D eigenvalue weighted by molar-refractivity contribution is -0.118. The zero-order chi connectivity index (χ0) is 21.8. The van der Waals surface area contributed by atoms with Crippen LogP contribution < -0.4 is 10.6 Å². The Bertz CT molecular complexity index is 1180. The number of hydrogen-bond acceptors (Lipinski definition) is 4. The predicted octanol–water partition coefficient (Wildman–Crippen LogP) is 3.90. The Morgan fingerprint density at radius 3 is 2.32 bits per heavy atom. The highest BCUT2D eigenvalue weighted by atomic mass is 16.2. The molecule has 4 rings (SSSR count). The van der Waals surface area contributed by atoms with E-state index in [0.29, 0.717) is 11.5 Å². The maximum atomic E-state index is 12.8. The molecule has 0 radical (unpaired) electrons. The SMILES string of the molecule is CC(C)C(=O)Nc1cc(C(=O)Nc2ccc(-n3ccnc3)cc2)nn1-c1ccccc1. The zero-order valence-corrected chi connectivity index (χ0v) is 17.2. The third-order valence-electron chi connectivity index (χ3n) is 4.65. The molecule has 4 aromatic rings. The maximum Gasteiger partial charge on any atom is 0.276 e. The minimum absolute atomic E-state index is 0.154. The monoisotopic (exact) mass is 414 g/mol. The molecular weight excluding hydrogens is 392 g/mol. The van der Waals surface area contributed by atoms with E-state index in [1.54, 1.807) is 37.1 Å². The summed E-state index contributed by atoms with van der Waals surface area (Å²) < 4.78 is 3.42. The van der Waals surface area contributed by atoms with Crippen LogP contribution in [0.5, 0.6) is 0 Å². The number of nitrogens with one attached hydrogen (secondary N) is 2. The zero-order valence-electron chi connectivity index (χ0n) is 17.2. The van der Waals surface area contributed by atoms with Crippen molar-refractivity contribution in [2.45, 2.75) is 13.8 Å². The molecule has 8 heteroatoms. The predicted molar refractivity (Wildman–Crippen MR) is 119 cm³/mol. The van der Waals surface area contributed by atoms with E-state index in [1.165, 1.54) is 0 Å². The van der Waals surface area contributed by atoms with Crippen molar-refractivity contribution in [1.82, 2.24) is 19.3 Å². The Morgan fingerprint density at radius 2 is 1.68 bits per heavy atom. The van der Waals surface area contributed by atoms with E-state index in [2.05, 4.69) is 20.7 Å². The molecule has 0 saturated heterocycles. The van der Waals surface area contributed by atoms with Crippen LogP contribution in [0.1, 0.15) is 24.3 Å². The molecule has 2 aromatic heterocycles. The van der Waals surface area contributed by atoms with Gasteiger partial charge in [-0.05, 0) is 36.4 Å². The number of nitrogens with zero attached hydrogens (tertiary/aromatic N) is 4. The van der Waals surface area contributed by atoms with Crippen LogP contribution >= 0.6 is 0 Å². The van der Waals surface area contributed by atoms with Crippen LogP contribution in [0.25, 0.3) is 11.4 Å². The van der Waals surface area contributed by atoms with Crippen LogP contribution in [0.2, 0.25) is 0 Å². The summed E-state index contributed by atoms with van der Waals surface area (Å²) in [5.41, 5.74) is 2.50. The van der Waals surface area contributed by atoms with Crippen molar-refractivity contribution in [2.75, 3.05) is 10.6 Å². The van der Waals surface area contributed by atoms with Gasteiger partial charge in [0.1, 0.15) is 5.82 Å². The standard InChI is InChI=1S/C23H22N6O2/c1-16(2)22(30)26-21-14-20(27-29(21)19-6-4-3-5-7-19)23(31)25-17-8-10-18(11-9-17)28-13-12-24-15-28/h3-16H,1-2H3,(H,25,31)(H,26,30). The van der Waals surface area contributed by atoms with E-state index in [0.717, 1.165) is 11.4 Å². The van der Waals surface area contributed by atoms with Crippen molar-refractivity contribution in [2.24, 2.45) is 5.92 Å². The molecule has 0 spiro atoms. The molecule has 0 aliphatic rings. The summed E-state index contributed by atoms with van der Waals surface area (Å²) in [6.07, 6.45) is 5.25. The van der Waals surface area contributed by atoms with Crippen molar-refractivity contribution < 1.29 is 9.59 Å². The molecule has 2 amide bonds. The fourth-order valence-electron chi connectivity index (χ4n) is 2.94. The molecule has 31 heavy (non-hydrogen) atoms. The molecule has 0 atom stereocenters. The number of carbonyl (C=O) groups excluding carboxylic acids is 2. The largest absolute Gasteiger partial charge is 0.321 e. The average Bonchev–Trinajstić information content (AvgIpc) is 3.45. The van der Waals surface area contributed by atoms with Crippen LogP contribution in [0.4, 0.5) is 11.5 Å².